The van der Waals surface area contributed by atoms with Crippen molar-refractivity contribution in [2.45, 2.75) is 25.7 Å². The molecule has 40 heavy (non-hydrogen) atoms. The van der Waals surface area contributed by atoms with Crippen LogP contribution in [0.3, 0.4) is 0 Å². The van der Waals surface area contributed by atoms with E-state index in [1.165, 1.54) is 11.9 Å². The fourth-order valence-electron chi connectivity index (χ4n) is 5.05. The third-order valence-corrected chi connectivity index (χ3v) is 6.95. The highest BCUT2D eigenvalue weighted by Crippen LogP contribution is 2.43. The van der Waals surface area contributed by atoms with Crippen molar-refractivity contribution in [3.05, 3.63) is 78.3 Å². The van der Waals surface area contributed by atoms with Crippen molar-refractivity contribution in [1.82, 2.24) is 29.8 Å². The molecule has 0 fully saturated rings. The molecule has 0 atom stereocenters. The second-order valence-corrected chi connectivity index (χ2v) is 9.31. The van der Waals surface area contributed by atoms with Gasteiger partial charge in [-0.2, -0.15) is 9.61 Å². The molecular weight excluding hydrogens is 506 g/mol. The van der Waals surface area contributed by atoms with Crippen LogP contribution in [0.25, 0.3) is 33.6 Å². The number of hydrogen-bond acceptors (Lipinski definition) is 9. The normalized spacial score (nSPS) is 13.1. The van der Waals surface area contributed by atoms with Gasteiger partial charge in [0.25, 0.3) is 0 Å². The third-order valence-electron chi connectivity index (χ3n) is 6.95. The summed E-state index contributed by atoms with van der Waals surface area (Å²) in [6, 6.07) is 17.6. The Morgan fingerprint density at radius 1 is 0.925 bits per heavy atom. The van der Waals surface area contributed by atoms with Crippen LogP contribution in [0.15, 0.2) is 67.0 Å². The first-order valence-corrected chi connectivity index (χ1v) is 13.0. The maximum Gasteiger partial charge on any atom is 0.228 e. The highest BCUT2D eigenvalue weighted by molar-refractivity contribution is 5.92. The summed E-state index contributed by atoms with van der Waals surface area (Å²) in [5.74, 6) is 1.80. The highest BCUT2D eigenvalue weighted by Gasteiger charge is 2.27. The standard InChI is InChI=1S/C30H27N7O3/c1-39-22-15-13-20(14-16-22)25-28(33-27-23(17-38)31-18-32-35-27)34-29-24(19-9-5-3-6-10-19)26(21-11-7-4-8-12-21)36-37(29)30(25)40-2/h4,7-9,11-18H,3,5-6,10H2,1-2H3,(H,33,34,35). The van der Waals surface area contributed by atoms with E-state index in [0.717, 1.165) is 48.1 Å². The van der Waals surface area contributed by atoms with Crippen molar-refractivity contribution in [2.24, 2.45) is 0 Å². The SMILES string of the molecule is COc1ccc(-c2c(Nc3nncnc3C=O)nc3c(C4=CCCCC4)c(-c4ccccc4)nn3c2OC)cc1. The van der Waals surface area contributed by atoms with Crippen LogP contribution < -0.4 is 14.8 Å². The van der Waals surface area contributed by atoms with Crippen molar-refractivity contribution in [3.63, 3.8) is 0 Å². The average molecular weight is 534 g/mol. The lowest BCUT2D eigenvalue weighted by atomic mass is 9.92. The van der Waals surface area contributed by atoms with Crippen LogP contribution >= 0.6 is 0 Å². The molecular formula is C30H27N7O3. The number of hydrogen-bond donors (Lipinski definition) is 1. The van der Waals surface area contributed by atoms with E-state index in [2.05, 4.69) is 26.6 Å². The van der Waals surface area contributed by atoms with Crippen molar-refractivity contribution in [3.8, 4) is 34.0 Å². The van der Waals surface area contributed by atoms with Gasteiger partial charge in [-0.25, -0.2) is 9.97 Å². The Kier molecular flexibility index (Phi) is 6.88. The molecule has 1 aliphatic carbocycles. The summed E-state index contributed by atoms with van der Waals surface area (Å²) < 4.78 is 13.2. The molecule has 1 N–H and O–H groups in total. The van der Waals surface area contributed by atoms with Crippen LogP contribution in [0.5, 0.6) is 11.6 Å². The van der Waals surface area contributed by atoms with Gasteiger partial charge in [0.1, 0.15) is 29.3 Å². The predicted molar refractivity (Wildman–Crippen MR) is 152 cm³/mol. The summed E-state index contributed by atoms with van der Waals surface area (Å²) in [7, 11) is 3.23. The summed E-state index contributed by atoms with van der Waals surface area (Å²) in [5.41, 5.74) is 6.15. The van der Waals surface area contributed by atoms with Crippen molar-refractivity contribution in [1.29, 1.82) is 0 Å². The number of aldehydes is 1. The maximum atomic E-state index is 11.7. The van der Waals surface area contributed by atoms with E-state index in [9.17, 15) is 4.79 Å². The molecule has 0 radical (unpaired) electrons. The molecule has 10 nitrogen and oxygen atoms in total. The molecule has 0 amide bonds. The van der Waals surface area contributed by atoms with Gasteiger partial charge in [0.05, 0.1) is 25.3 Å². The Balaban J connectivity index is 1.68. The zero-order chi connectivity index (χ0) is 27.5. The zero-order valence-corrected chi connectivity index (χ0v) is 22.2. The van der Waals surface area contributed by atoms with Gasteiger partial charge in [0.2, 0.25) is 5.88 Å². The molecule has 3 heterocycles. The van der Waals surface area contributed by atoms with Crippen LogP contribution in [0.1, 0.15) is 41.7 Å². The molecule has 6 rings (SSSR count). The number of fused-ring (bicyclic) bond motifs is 1. The van der Waals surface area contributed by atoms with E-state index in [1.54, 1.807) is 18.7 Å². The minimum Gasteiger partial charge on any atom is -0.497 e. The van der Waals surface area contributed by atoms with Gasteiger partial charge in [-0.1, -0.05) is 48.5 Å². The van der Waals surface area contributed by atoms with Crippen LogP contribution in [0.4, 0.5) is 11.6 Å². The van der Waals surface area contributed by atoms with Gasteiger partial charge in [0.15, 0.2) is 17.8 Å². The van der Waals surface area contributed by atoms with Crippen LogP contribution in [-0.2, 0) is 0 Å². The van der Waals surface area contributed by atoms with Crippen molar-refractivity contribution in [2.75, 3.05) is 19.5 Å². The Morgan fingerprint density at radius 2 is 1.75 bits per heavy atom. The number of nitrogens with one attached hydrogen (secondary N) is 1. The summed E-state index contributed by atoms with van der Waals surface area (Å²) >= 11 is 0. The lowest BCUT2D eigenvalue weighted by Crippen LogP contribution is -2.09. The van der Waals surface area contributed by atoms with Gasteiger partial charge in [0, 0.05) is 5.56 Å². The lowest BCUT2D eigenvalue weighted by molar-refractivity contribution is 0.111. The zero-order valence-electron chi connectivity index (χ0n) is 22.2. The van der Waals surface area contributed by atoms with Crippen LogP contribution in [0, 0.1) is 0 Å². The summed E-state index contributed by atoms with van der Waals surface area (Å²) in [4.78, 5) is 20.9. The van der Waals surface area contributed by atoms with Gasteiger partial charge in [-0.3, -0.25) is 4.79 Å². The molecule has 3 aromatic heterocycles. The van der Waals surface area contributed by atoms with Crippen LogP contribution in [-0.4, -0.2) is 50.3 Å². The molecule has 0 spiro atoms. The number of aromatic nitrogens is 6. The molecule has 2 aromatic carbocycles. The minimum atomic E-state index is 0.116. The molecule has 1 aliphatic rings. The first kappa shape index (κ1) is 25.2. The molecule has 200 valence electrons. The number of allylic oxidation sites excluding steroid dienone is 2. The number of carbonyl (C=O) groups excluding carboxylic acids is 1. The second kappa shape index (κ2) is 10.9. The largest absolute Gasteiger partial charge is 0.497 e. The number of nitrogens with zero attached hydrogens (tertiary/aromatic N) is 6. The lowest BCUT2D eigenvalue weighted by Gasteiger charge is -2.17. The van der Waals surface area contributed by atoms with E-state index >= 15 is 0 Å². The van der Waals surface area contributed by atoms with E-state index in [0.29, 0.717) is 34.9 Å². The topological polar surface area (TPSA) is 116 Å². The Hall–Kier alpha value is -5.12. The summed E-state index contributed by atoms with van der Waals surface area (Å²) in [6.07, 6.45) is 8.32. The van der Waals surface area contributed by atoms with Gasteiger partial charge in [-0.15, -0.1) is 10.2 Å². The Bertz CT molecular complexity index is 1710. The molecule has 0 unspecified atom stereocenters. The molecule has 0 bridgehead atoms. The monoisotopic (exact) mass is 533 g/mol. The van der Waals surface area contributed by atoms with Crippen molar-refractivity contribution < 1.29 is 14.3 Å². The van der Waals surface area contributed by atoms with E-state index in [4.69, 9.17) is 19.6 Å². The fourth-order valence-corrected chi connectivity index (χ4v) is 5.05. The van der Waals surface area contributed by atoms with Gasteiger partial charge < -0.3 is 14.8 Å². The Labute approximate surface area is 230 Å². The van der Waals surface area contributed by atoms with E-state index < -0.39 is 0 Å². The van der Waals surface area contributed by atoms with Crippen LogP contribution in [0.2, 0.25) is 0 Å². The highest BCUT2D eigenvalue weighted by atomic mass is 16.5. The van der Waals surface area contributed by atoms with Gasteiger partial charge >= 0.3 is 0 Å². The molecule has 10 heteroatoms. The molecule has 0 saturated heterocycles. The molecule has 5 aromatic rings. The maximum absolute atomic E-state index is 11.7. The fraction of sp³-hybridized carbons (Fsp3) is 0.200. The number of benzene rings is 2. The Morgan fingerprint density at radius 3 is 2.45 bits per heavy atom. The van der Waals surface area contributed by atoms with E-state index in [-0.39, 0.29) is 11.5 Å². The number of anilines is 2. The van der Waals surface area contributed by atoms with E-state index in [1.807, 2.05) is 54.6 Å². The number of carbonyl (C=O) groups is 1. The minimum absolute atomic E-state index is 0.116. The third kappa shape index (κ3) is 4.53. The number of ether oxygens (including phenoxy) is 2. The van der Waals surface area contributed by atoms with Crippen molar-refractivity contribution >= 4 is 29.1 Å². The average Bonchev–Trinajstić information content (AvgIpc) is 3.41. The number of methoxy groups -OCH3 is 2. The molecule has 0 aliphatic heterocycles. The summed E-state index contributed by atoms with van der Waals surface area (Å²) in [5, 5.41) is 16.3. The predicted octanol–water partition coefficient (Wildman–Crippen LogP) is 5.78. The smallest absolute Gasteiger partial charge is 0.228 e. The first-order chi connectivity index (χ1) is 19.7. The first-order valence-electron chi connectivity index (χ1n) is 13.0. The second-order valence-electron chi connectivity index (χ2n) is 9.31. The number of rotatable bonds is 8. The molecule has 0 saturated carbocycles. The summed E-state index contributed by atoms with van der Waals surface area (Å²) in [6.45, 7) is 0. The quantitative estimate of drug-likeness (QED) is 0.248. The van der Waals surface area contributed by atoms with Gasteiger partial charge in [-0.05, 0) is 49.0 Å².